The minimum absolute atomic E-state index is 0.206. The first-order valence-corrected chi connectivity index (χ1v) is 8.05. The van der Waals surface area contributed by atoms with Crippen LogP contribution in [0.4, 0.5) is 5.95 Å². The minimum Gasteiger partial charge on any atom is -0.350 e. The van der Waals surface area contributed by atoms with Crippen LogP contribution in [-0.4, -0.2) is 15.1 Å². The van der Waals surface area contributed by atoms with Gasteiger partial charge < -0.3 is 9.88 Å². The van der Waals surface area contributed by atoms with Gasteiger partial charge in [0.1, 0.15) is 0 Å². The maximum absolute atomic E-state index is 4.57. The van der Waals surface area contributed by atoms with Crippen LogP contribution in [0.15, 0.2) is 12.4 Å². The van der Waals surface area contributed by atoms with E-state index in [0.29, 0.717) is 6.04 Å². The summed E-state index contributed by atoms with van der Waals surface area (Å²) in [4.78, 5) is 4.57. The molecule has 1 aromatic heterocycles. The monoisotopic (exact) mass is 263 g/mol. The molecule has 0 unspecified atom stereocenters. The van der Waals surface area contributed by atoms with Gasteiger partial charge in [-0.05, 0) is 32.1 Å². The molecule has 1 aliphatic rings. The zero-order valence-corrected chi connectivity index (χ0v) is 12.8. The van der Waals surface area contributed by atoms with Crippen molar-refractivity contribution in [1.29, 1.82) is 0 Å². The predicted molar refractivity (Wildman–Crippen MR) is 81.6 cm³/mol. The highest BCUT2D eigenvalue weighted by molar-refractivity contribution is 5.31. The van der Waals surface area contributed by atoms with E-state index in [4.69, 9.17) is 0 Å². The third kappa shape index (κ3) is 3.13. The summed E-state index contributed by atoms with van der Waals surface area (Å²) in [7, 11) is 0. The highest BCUT2D eigenvalue weighted by Gasteiger charge is 2.26. The van der Waals surface area contributed by atoms with Crippen LogP contribution in [0.1, 0.15) is 78.2 Å². The molecule has 0 spiro atoms. The molecular formula is C16H29N3. The molecule has 2 rings (SSSR count). The molecule has 0 aliphatic heterocycles. The van der Waals surface area contributed by atoms with Gasteiger partial charge in [0.2, 0.25) is 5.95 Å². The molecular weight excluding hydrogens is 234 g/mol. The summed E-state index contributed by atoms with van der Waals surface area (Å²) in [5.41, 5.74) is 0.206. The van der Waals surface area contributed by atoms with Crippen molar-refractivity contribution < 1.29 is 0 Å². The number of nitrogens with one attached hydrogen (secondary N) is 1. The molecule has 0 saturated heterocycles. The fourth-order valence-corrected chi connectivity index (χ4v) is 3.32. The Morgan fingerprint density at radius 3 is 2.37 bits per heavy atom. The van der Waals surface area contributed by atoms with Gasteiger partial charge in [-0.1, -0.05) is 40.0 Å². The fraction of sp³-hybridized carbons (Fsp3) is 0.812. The lowest BCUT2D eigenvalue weighted by molar-refractivity contribution is 0.349. The summed E-state index contributed by atoms with van der Waals surface area (Å²) in [5.74, 6) is 1.08. The lowest BCUT2D eigenvalue weighted by Crippen LogP contribution is -2.37. The summed E-state index contributed by atoms with van der Waals surface area (Å²) in [5, 5.41) is 3.74. The Kier molecular flexibility index (Phi) is 4.89. The van der Waals surface area contributed by atoms with E-state index in [-0.39, 0.29) is 5.54 Å². The van der Waals surface area contributed by atoms with Crippen LogP contribution in [0.5, 0.6) is 0 Å². The molecule has 108 valence electrons. The van der Waals surface area contributed by atoms with E-state index < -0.39 is 0 Å². The van der Waals surface area contributed by atoms with Gasteiger partial charge in [-0.2, -0.15) is 0 Å². The molecule has 0 aromatic carbocycles. The standard InChI is InChI=1S/C16H29N3/c1-4-16(5-2,6-3)18-15-17-12-13-19(15)14-10-8-7-9-11-14/h12-14H,4-11H2,1-3H3,(H,17,18). The average Bonchev–Trinajstić information content (AvgIpc) is 2.94. The Hall–Kier alpha value is -0.990. The van der Waals surface area contributed by atoms with Crippen LogP contribution >= 0.6 is 0 Å². The van der Waals surface area contributed by atoms with Gasteiger partial charge in [-0.15, -0.1) is 0 Å². The van der Waals surface area contributed by atoms with Crippen LogP contribution in [0.3, 0.4) is 0 Å². The fourth-order valence-electron chi connectivity index (χ4n) is 3.32. The molecule has 0 bridgehead atoms. The third-order valence-electron chi connectivity index (χ3n) is 5.04. The maximum Gasteiger partial charge on any atom is 0.203 e. The van der Waals surface area contributed by atoms with E-state index in [9.17, 15) is 0 Å². The van der Waals surface area contributed by atoms with Crippen molar-refractivity contribution in [3.63, 3.8) is 0 Å². The smallest absolute Gasteiger partial charge is 0.203 e. The second-order valence-corrected chi connectivity index (χ2v) is 5.92. The van der Waals surface area contributed by atoms with Crippen molar-refractivity contribution in [3.05, 3.63) is 12.4 Å². The number of hydrogen-bond donors (Lipinski definition) is 1. The number of hydrogen-bond acceptors (Lipinski definition) is 2. The summed E-state index contributed by atoms with van der Waals surface area (Å²) >= 11 is 0. The normalized spacial score (nSPS) is 17.6. The quantitative estimate of drug-likeness (QED) is 0.801. The van der Waals surface area contributed by atoms with Gasteiger partial charge in [0, 0.05) is 24.0 Å². The van der Waals surface area contributed by atoms with E-state index in [1.165, 1.54) is 32.1 Å². The summed E-state index contributed by atoms with van der Waals surface area (Å²) in [6, 6.07) is 0.655. The Bertz CT molecular complexity index is 365. The van der Waals surface area contributed by atoms with Crippen molar-refractivity contribution in [3.8, 4) is 0 Å². The topological polar surface area (TPSA) is 29.9 Å². The van der Waals surface area contributed by atoms with Crippen molar-refractivity contribution in [1.82, 2.24) is 9.55 Å². The molecule has 1 saturated carbocycles. The molecule has 1 aliphatic carbocycles. The van der Waals surface area contributed by atoms with Crippen LogP contribution in [-0.2, 0) is 0 Å². The Labute approximate surface area is 117 Å². The zero-order valence-electron chi connectivity index (χ0n) is 12.8. The zero-order chi connectivity index (χ0) is 13.7. The molecule has 1 N–H and O–H groups in total. The number of aromatic nitrogens is 2. The molecule has 3 nitrogen and oxygen atoms in total. The van der Waals surface area contributed by atoms with E-state index in [2.05, 4.69) is 41.8 Å². The van der Waals surface area contributed by atoms with Crippen molar-refractivity contribution >= 4 is 5.95 Å². The number of anilines is 1. The molecule has 0 atom stereocenters. The number of rotatable bonds is 6. The Morgan fingerprint density at radius 1 is 1.16 bits per heavy atom. The predicted octanol–water partition coefficient (Wildman–Crippen LogP) is 4.77. The van der Waals surface area contributed by atoms with E-state index >= 15 is 0 Å². The molecule has 1 fully saturated rings. The van der Waals surface area contributed by atoms with E-state index in [1.807, 2.05) is 6.20 Å². The maximum atomic E-state index is 4.57. The van der Waals surface area contributed by atoms with Gasteiger partial charge in [-0.25, -0.2) is 4.98 Å². The molecule has 0 radical (unpaired) electrons. The Balaban J connectivity index is 2.14. The highest BCUT2D eigenvalue weighted by Crippen LogP contribution is 2.32. The Morgan fingerprint density at radius 2 is 1.79 bits per heavy atom. The first-order chi connectivity index (χ1) is 9.24. The van der Waals surface area contributed by atoms with Crippen LogP contribution in [0, 0.1) is 0 Å². The van der Waals surface area contributed by atoms with Crippen molar-refractivity contribution in [2.75, 3.05) is 5.32 Å². The molecule has 1 heterocycles. The number of nitrogens with zero attached hydrogens (tertiary/aromatic N) is 2. The summed E-state index contributed by atoms with van der Waals surface area (Å²) < 4.78 is 2.38. The molecule has 3 heteroatoms. The van der Waals surface area contributed by atoms with Crippen LogP contribution in [0.25, 0.3) is 0 Å². The second kappa shape index (κ2) is 6.44. The van der Waals surface area contributed by atoms with Crippen molar-refractivity contribution in [2.24, 2.45) is 0 Å². The van der Waals surface area contributed by atoms with Gasteiger partial charge >= 0.3 is 0 Å². The first kappa shape index (κ1) is 14.4. The van der Waals surface area contributed by atoms with E-state index in [0.717, 1.165) is 25.2 Å². The van der Waals surface area contributed by atoms with Crippen LogP contribution < -0.4 is 5.32 Å². The average molecular weight is 263 g/mol. The second-order valence-electron chi connectivity index (χ2n) is 5.92. The SMILES string of the molecule is CCC(CC)(CC)Nc1nccn1C1CCCCC1. The first-order valence-electron chi connectivity index (χ1n) is 8.05. The van der Waals surface area contributed by atoms with Gasteiger partial charge in [-0.3, -0.25) is 0 Å². The van der Waals surface area contributed by atoms with Gasteiger partial charge in [0.05, 0.1) is 0 Å². The largest absolute Gasteiger partial charge is 0.350 e. The third-order valence-corrected chi connectivity index (χ3v) is 5.04. The summed E-state index contributed by atoms with van der Waals surface area (Å²) in [6.07, 6.45) is 14.3. The van der Waals surface area contributed by atoms with Crippen LogP contribution in [0.2, 0.25) is 0 Å². The lowest BCUT2D eigenvalue weighted by Gasteiger charge is -2.34. The number of imidazole rings is 1. The van der Waals surface area contributed by atoms with Gasteiger partial charge in [0.25, 0.3) is 0 Å². The lowest BCUT2D eigenvalue weighted by atomic mass is 9.90. The molecule has 1 aromatic rings. The highest BCUT2D eigenvalue weighted by atomic mass is 15.2. The minimum atomic E-state index is 0.206. The molecule has 19 heavy (non-hydrogen) atoms. The summed E-state index contributed by atoms with van der Waals surface area (Å²) in [6.45, 7) is 6.82. The van der Waals surface area contributed by atoms with Crippen molar-refractivity contribution in [2.45, 2.75) is 83.7 Å². The molecule has 0 amide bonds. The van der Waals surface area contributed by atoms with Gasteiger partial charge in [0.15, 0.2) is 0 Å². The van der Waals surface area contributed by atoms with E-state index in [1.54, 1.807) is 0 Å².